The summed E-state index contributed by atoms with van der Waals surface area (Å²) in [4.78, 5) is 0. The van der Waals surface area contributed by atoms with E-state index in [1.54, 1.807) is 12.1 Å². The molecule has 0 unspecified atom stereocenters. The van der Waals surface area contributed by atoms with Gasteiger partial charge in [0, 0.05) is 11.6 Å². The largest absolute Gasteiger partial charge is 0.360 e. The van der Waals surface area contributed by atoms with E-state index in [4.69, 9.17) is 12.2 Å². The smallest absolute Gasteiger partial charge is 0.171 e. The molecule has 1 fully saturated rings. The number of nitrogens with one attached hydrogen (secondary N) is 2. The van der Waals surface area contributed by atoms with Crippen LogP contribution in [-0.4, -0.2) is 20.9 Å². The number of rotatable bonds is 4. The highest BCUT2D eigenvalue weighted by molar-refractivity contribution is 7.80. The molecule has 2 aromatic rings. The van der Waals surface area contributed by atoms with E-state index < -0.39 is 0 Å². The zero-order chi connectivity index (χ0) is 17.8. The lowest BCUT2D eigenvalue weighted by Crippen LogP contribution is -2.39. The first kappa shape index (κ1) is 17.9. The number of anilines is 1. The maximum absolute atomic E-state index is 13.9. The molecule has 134 valence electrons. The van der Waals surface area contributed by atoms with Crippen molar-refractivity contribution in [1.82, 2.24) is 15.1 Å². The molecule has 1 aliphatic rings. The summed E-state index contributed by atoms with van der Waals surface area (Å²) in [5, 5.41) is 11.9. The fourth-order valence-electron chi connectivity index (χ4n) is 3.40. The highest BCUT2D eigenvalue weighted by Crippen LogP contribution is 2.22. The number of hydrogen-bond acceptors (Lipinski definition) is 2. The maximum atomic E-state index is 13.9. The van der Waals surface area contributed by atoms with Gasteiger partial charge < -0.3 is 10.6 Å². The SMILES string of the molecule is Cc1nn(Cc2ccccc2F)c(C)c1NC(=S)NC1CCCCC1. The van der Waals surface area contributed by atoms with Gasteiger partial charge in [-0.3, -0.25) is 4.68 Å². The van der Waals surface area contributed by atoms with Crippen LogP contribution in [0.1, 0.15) is 49.1 Å². The van der Waals surface area contributed by atoms with Crippen molar-refractivity contribution in [3.05, 3.63) is 47.0 Å². The number of halogens is 1. The van der Waals surface area contributed by atoms with Gasteiger partial charge in [0.1, 0.15) is 5.82 Å². The van der Waals surface area contributed by atoms with Gasteiger partial charge in [0.25, 0.3) is 0 Å². The van der Waals surface area contributed by atoms with Crippen molar-refractivity contribution < 1.29 is 4.39 Å². The topological polar surface area (TPSA) is 41.9 Å². The summed E-state index contributed by atoms with van der Waals surface area (Å²) in [5.41, 5.74) is 3.35. The van der Waals surface area contributed by atoms with Crippen LogP contribution in [0.15, 0.2) is 24.3 Å². The van der Waals surface area contributed by atoms with Gasteiger partial charge in [-0.2, -0.15) is 5.10 Å². The van der Waals surface area contributed by atoms with Gasteiger partial charge in [-0.25, -0.2) is 4.39 Å². The van der Waals surface area contributed by atoms with Crippen LogP contribution >= 0.6 is 12.2 Å². The fourth-order valence-corrected chi connectivity index (χ4v) is 3.67. The third kappa shape index (κ3) is 4.37. The Morgan fingerprint density at radius 1 is 1.24 bits per heavy atom. The Morgan fingerprint density at radius 3 is 2.68 bits per heavy atom. The quantitative estimate of drug-likeness (QED) is 0.798. The van der Waals surface area contributed by atoms with E-state index in [0.29, 0.717) is 23.3 Å². The molecule has 0 radical (unpaired) electrons. The molecule has 1 aromatic heterocycles. The van der Waals surface area contributed by atoms with Crippen molar-refractivity contribution in [2.75, 3.05) is 5.32 Å². The van der Waals surface area contributed by atoms with Crippen LogP contribution in [0.4, 0.5) is 10.1 Å². The van der Waals surface area contributed by atoms with Gasteiger partial charge in [0.15, 0.2) is 5.11 Å². The summed E-state index contributed by atoms with van der Waals surface area (Å²) in [6, 6.07) is 7.26. The van der Waals surface area contributed by atoms with Gasteiger partial charge >= 0.3 is 0 Å². The molecule has 0 aliphatic heterocycles. The van der Waals surface area contributed by atoms with E-state index in [1.165, 1.54) is 38.2 Å². The predicted octanol–water partition coefficient (Wildman–Crippen LogP) is 4.31. The van der Waals surface area contributed by atoms with Crippen LogP contribution in [0, 0.1) is 19.7 Å². The zero-order valence-electron chi connectivity index (χ0n) is 14.8. The van der Waals surface area contributed by atoms with Crippen molar-refractivity contribution >= 4 is 23.0 Å². The zero-order valence-corrected chi connectivity index (χ0v) is 15.6. The van der Waals surface area contributed by atoms with Crippen molar-refractivity contribution in [1.29, 1.82) is 0 Å². The highest BCUT2D eigenvalue weighted by atomic mass is 32.1. The van der Waals surface area contributed by atoms with Gasteiger partial charge in [0.05, 0.1) is 23.6 Å². The first-order valence-electron chi connectivity index (χ1n) is 8.89. The third-order valence-electron chi connectivity index (χ3n) is 4.84. The molecule has 1 aromatic carbocycles. The molecule has 3 rings (SSSR count). The van der Waals surface area contributed by atoms with Crippen LogP contribution < -0.4 is 10.6 Å². The summed E-state index contributed by atoms with van der Waals surface area (Å²) in [6.45, 7) is 4.33. The molecule has 25 heavy (non-hydrogen) atoms. The molecule has 0 atom stereocenters. The number of thiocarbonyl (C=S) groups is 1. The number of aryl methyl sites for hydroxylation is 1. The van der Waals surface area contributed by atoms with Crippen molar-refractivity contribution in [3.8, 4) is 0 Å². The van der Waals surface area contributed by atoms with Crippen LogP contribution in [0.25, 0.3) is 0 Å². The van der Waals surface area contributed by atoms with Crippen LogP contribution in [0.5, 0.6) is 0 Å². The van der Waals surface area contributed by atoms with E-state index in [2.05, 4.69) is 15.7 Å². The van der Waals surface area contributed by atoms with E-state index in [9.17, 15) is 4.39 Å². The molecule has 1 heterocycles. The molecular weight excluding hydrogens is 335 g/mol. The number of nitrogens with zero attached hydrogens (tertiary/aromatic N) is 2. The second-order valence-electron chi connectivity index (χ2n) is 6.73. The van der Waals surface area contributed by atoms with Crippen LogP contribution in [-0.2, 0) is 6.54 Å². The fraction of sp³-hybridized carbons (Fsp3) is 0.474. The number of aromatic nitrogens is 2. The minimum absolute atomic E-state index is 0.209. The van der Waals surface area contributed by atoms with Gasteiger partial charge in [0.2, 0.25) is 0 Å². The molecule has 2 N–H and O–H groups in total. The summed E-state index contributed by atoms with van der Waals surface area (Å²) in [5.74, 6) is -0.209. The Balaban J connectivity index is 1.69. The Labute approximate surface area is 153 Å². The normalized spacial score (nSPS) is 15.2. The van der Waals surface area contributed by atoms with E-state index in [0.717, 1.165) is 17.1 Å². The average Bonchev–Trinajstić information content (AvgIpc) is 2.85. The van der Waals surface area contributed by atoms with Crippen LogP contribution in [0.3, 0.4) is 0 Å². The number of benzene rings is 1. The minimum Gasteiger partial charge on any atom is -0.360 e. The molecule has 0 bridgehead atoms. The highest BCUT2D eigenvalue weighted by Gasteiger charge is 2.17. The average molecular weight is 361 g/mol. The summed E-state index contributed by atoms with van der Waals surface area (Å²) < 4.78 is 15.7. The summed E-state index contributed by atoms with van der Waals surface area (Å²) in [6.07, 6.45) is 6.19. The third-order valence-corrected chi connectivity index (χ3v) is 5.06. The molecule has 1 saturated carbocycles. The summed E-state index contributed by atoms with van der Waals surface area (Å²) >= 11 is 5.48. The molecule has 0 amide bonds. The maximum Gasteiger partial charge on any atom is 0.171 e. The molecule has 4 nitrogen and oxygen atoms in total. The Hall–Kier alpha value is -1.95. The lowest BCUT2D eigenvalue weighted by atomic mass is 9.96. The Bertz CT molecular complexity index is 750. The van der Waals surface area contributed by atoms with Gasteiger partial charge in [-0.1, -0.05) is 37.5 Å². The summed E-state index contributed by atoms with van der Waals surface area (Å²) in [7, 11) is 0. The van der Waals surface area contributed by atoms with Gasteiger partial charge in [-0.15, -0.1) is 0 Å². The standard InChI is InChI=1S/C19H25FN4S/c1-13-18(22-19(25)21-16-9-4-3-5-10-16)14(2)24(23-13)12-15-8-6-7-11-17(15)20/h6-8,11,16H,3-5,9-10,12H2,1-2H3,(H2,21,22,25). The predicted molar refractivity (Wildman–Crippen MR) is 103 cm³/mol. The Kier molecular flexibility index (Phi) is 5.68. The van der Waals surface area contributed by atoms with E-state index in [-0.39, 0.29) is 5.82 Å². The van der Waals surface area contributed by atoms with Crippen molar-refractivity contribution in [2.45, 2.75) is 58.5 Å². The second kappa shape index (κ2) is 7.95. The van der Waals surface area contributed by atoms with Crippen molar-refractivity contribution in [3.63, 3.8) is 0 Å². The lowest BCUT2D eigenvalue weighted by molar-refractivity contribution is 0.415. The minimum atomic E-state index is -0.209. The monoisotopic (exact) mass is 360 g/mol. The lowest BCUT2D eigenvalue weighted by Gasteiger charge is -2.24. The molecule has 1 aliphatic carbocycles. The first-order valence-corrected chi connectivity index (χ1v) is 9.30. The molecular formula is C19H25FN4S. The van der Waals surface area contributed by atoms with Gasteiger partial charge in [-0.05, 0) is 45.0 Å². The molecule has 0 saturated heterocycles. The van der Waals surface area contributed by atoms with E-state index >= 15 is 0 Å². The van der Waals surface area contributed by atoms with Crippen LogP contribution in [0.2, 0.25) is 0 Å². The number of hydrogen-bond donors (Lipinski definition) is 2. The molecule has 0 spiro atoms. The van der Waals surface area contributed by atoms with Crippen molar-refractivity contribution in [2.24, 2.45) is 0 Å². The van der Waals surface area contributed by atoms with E-state index in [1.807, 2.05) is 24.6 Å². The Morgan fingerprint density at radius 2 is 1.96 bits per heavy atom. The second-order valence-corrected chi connectivity index (χ2v) is 7.14. The first-order chi connectivity index (χ1) is 12.0. The molecule has 6 heteroatoms.